The number of rotatable bonds is 4. The molecule has 0 N–H and O–H groups in total. The van der Waals surface area contributed by atoms with Crippen LogP contribution < -0.4 is 0 Å². The van der Waals surface area contributed by atoms with Crippen molar-refractivity contribution in [3.05, 3.63) is 47.5 Å². The summed E-state index contributed by atoms with van der Waals surface area (Å²) in [5.74, 6) is 0.286. The number of fused-ring (bicyclic) bond motifs is 1. The van der Waals surface area contributed by atoms with E-state index in [1.807, 2.05) is 23.1 Å². The second-order valence-corrected chi connectivity index (χ2v) is 4.86. The van der Waals surface area contributed by atoms with Gasteiger partial charge in [0.1, 0.15) is 0 Å². The first kappa shape index (κ1) is 11.5. The van der Waals surface area contributed by atoms with E-state index in [4.69, 9.17) is 4.74 Å². The number of amides is 1. The topological polar surface area (TPSA) is 29.5 Å². The molecular formula is C15H17NO2. The molecule has 2 aliphatic rings. The summed E-state index contributed by atoms with van der Waals surface area (Å²) in [6.45, 7) is 2.05. The number of carbonyl (C=O) groups is 1. The zero-order valence-electron chi connectivity index (χ0n) is 10.3. The third kappa shape index (κ3) is 2.18. The highest BCUT2D eigenvalue weighted by molar-refractivity contribution is 5.80. The fourth-order valence-electron chi connectivity index (χ4n) is 2.72. The van der Waals surface area contributed by atoms with Crippen molar-refractivity contribution in [3.63, 3.8) is 0 Å². The summed E-state index contributed by atoms with van der Waals surface area (Å²) in [6.07, 6.45) is 3.80. The van der Waals surface area contributed by atoms with Crippen LogP contribution >= 0.6 is 0 Å². The molecular weight excluding hydrogens is 226 g/mol. The minimum Gasteiger partial charge on any atom is -0.372 e. The minimum absolute atomic E-state index is 0.286. The molecule has 3 nitrogen and oxygen atoms in total. The molecule has 1 aromatic rings. The molecule has 0 bridgehead atoms. The Morgan fingerprint density at radius 1 is 1.22 bits per heavy atom. The standard InChI is InChI=1S/C15H17NO2/c17-15-7-6-14-13(8-9-16(14)15)11-18-10-12-4-2-1-3-5-12/h1-5,8,14H,6-7,9-11H2/t14-/m0/s1. The summed E-state index contributed by atoms with van der Waals surface area (Å²) in [7, 11) is 0. The Labute approximate surface area is 107 Å². The predicted octanol–water partition coefficient (Wildman–Crippen LogP) is 2.13. The van der Waals surface area contributed by atoms with Crippen molar-refractivity contribution in [1.29, 1.82) is 0 Å². The second kappa shape index (κ2) is 4.94. The average Bonchev–Trinajstić information content (AvgIpc) is 2.96. The van der Waals surface area contributed by atoms with Crippen LogP contribution in [0.5, 0.6) is 0 Å². The maximum Gasteiger partial charge on any atom is 0.223 e. The van der Waals surface area contributed by atoms with E-state index in [0.29, 0.717) is 25.7 Å². The van der Waals surface area contributed by atoms with Gasteiger partial charge < -0.3 is 9.64 Å². The molecule has 2 aliphatic heterocycles. The summed E-state index contributed by atoms with van der Waals surface area (Å²) in [4.78, 5) is 13.5. The van der Waals surface area contributed by atoms with E-state index in [1.165, 1.54) is 11.1 Å². The fraction of sp³-hybridized carbons (Fsp3) is 0.400. The normalized spacial score (nSPS) is 22.2. The van der Waals surface area contributed by atoms with E-state index in [-0.39, 0.29) is 5.91 Å². The smallest absolute Gasteiger partial charge is 0.223 e. The molecule has 94 valence electrons. The van der Waals surface area contributed by atoms with E-state index in [2.05, 4.69) is 18.2 Å². The maximum atomic E-state index is 11.5. The molecule has 18 heavy (non-hydrogen) atoms. The number of nitrogens with zero attached hydrogens (tertiary/aromatic N) is 1. The predicted molar refractivity (Wildman–Crippen MR) is 68.9 cm³/mol. The highest BCUT2D eigenvalue weighted by Gasteiger charge is 2.36. The Morgan fingerprint density at radius 3 is 2.89 bits per heavy atom. The summed E-state index contributed by atoms with van der Waals surface area (Å²) in [5, 5.41) is 0. The largest absolute Gasteiger partial charge is 0.372 e. The van der Waals surface area contributed by atoms with Crippen molar-refractivity contribution in [3.8, 4) is 0 Å². The van der Waals surface area contributed by atoms with E-state index < -0.39 is 0 Å². The highest BCUT2D eigenvalue weighted by atomic mass is 16.5. The molecule has 0 aromatic heterocycles. The summed E-state index contributed by atoms with van der Waals surface area (Å²) in [5.41, 5.74) is 2.47. The van der Waals surface area contributed by atoms with Gasteiger partial charge in [-0.3, -0.25) is 4.79 Å². The molecule has 1 aromatic carbocycles. The zero-order chi connectivity index (χ0) is 12.4. The van der Waals surface area contributed by atoms with E-state index in [0.717, 1.165) is 13.0 Å². The minimum atomic E-state index is 0.286. The molecule has 0 aliphatic carbocycles. The molecule has 1 amide bonds. The number of carbonyl (C=O) groups excluding carboxylic acids is 1. The van der Waals surface area contributed by atoms with E-state index in [9.17, 15) is 4.79 Å². The summed E-state index contributed by atoms with van der Waals surface area (Å²) >= 11 is 0. The van der Waals surface area contributed by atoms with E-state index >= 15 is 0 Å². The third-order valence-electron chi connectivity index (χ3n) is 3.69. The SMILES string of the molecule is O=C1CC[C@H]2C(COCc3ccccc3)=CCN12. The lowest BCUT2D eigenvalue weighted by Gasteiger charge is -2.18. The molecule has 0 unspecified atom stereocenters. The first-order valence-electron chi connectivity index (χ1n) is 6.44. The Hall–Kier alpha value is -1.61. The van der Waals surface area contributed by atoms with Crippen LogP contribution in [0.15, 0.2) is 42.0 Å². The van der Waals surface area contributed by atoms with Gasteiger partial charge in [-0.25, -0.2) is 0 Å². The van der Waals surface area contributed by atoms with Crippen LogP contribution in [0.2, 0.25) is 0 Å². The number of hydrogen-bond acceptors (Lipinski definition) is 2. The average molecular weight is 243 g/mol. The van der Waals surface area contributed by atoms with Gasteiger partial charge in [-0.05, 0) is 17.6 Å². The van der Waals surface area contributed by atoms with Crippen molar-refractivity contribution >= 4 is 5.91 Å². The zero-order valence-corrected chi connectivity index (χ0v) is 10.3. The van der Waals surface area contributed by atoms with Crippen LogP contribution in [0.4, 0.5) is 0 Å². The molecule has 3 rings (SSSR count). The van der Waals surface area contributed by atoms with Gasteiger partial charge in [0.2, 0.25) is 5.91 Å². The molecule has 1 saturated heterocycles. The molecule has 0 radical (unpaired) electrons. The van der Waals surface area contributed by atoms with Gasteiger partial charge in [-0.1, -0.05) is 36.4 Å². The van der Waals surface area contributed by atoms with Crippen molar-refractivity contribution in [2.24, 2.45) is 0 Å². The fourth-order valence-corrected chi connectivity index (χ4v) is 2.72. The third-order valence-corrected chi connectivity index (χ3v) is 3.69. The van der Waals surface area contributed by atoms with Gasteiger partial charge in [0.25, 0.3) is 0 Å². The number of benzene rings is 1. The van der Waals surface area contributed by atoms with Crippen LogP contribution in [-0.4, -0.2) is 30.0 Å². The van der Waals surface area contributed by atoms with Gasteiger partial charge in [-0.15, -0.1) is 0 Å². The van der Waals surface area contributed by atoms with Gasteiger partial charge in [0, 0.05) is 13.0 Å². The molecule has 2 heterocycles. The van der Waals surface area contributed by atoms with Crippen LogP contribution in [0.3, 0.4) is 0 Å². The van der Waals surface area contributed by atoms with Crippen LogP contribution in [-0.2, 0) is 16.1 Å². The Balaban J connectivity index is 1.51. The van der Waals surface area contributed by atoms with Crippen molar-refractivity contribution in [2.75, 3.05) is 13.2 Å². The van der Waals surface area contributed by atoms with Crippen molar-refractivity contribution in [2.45, 2.75) is 25.5 Å². The molecule has 3 heteroatoms. The molecule has 0 spiro atoms. The van der Waals surface area contributed by atoms with Gasteiger partial charge in [0.05, 0.1) is 19.3 Å². The van der Waals surface area contributed by atoms with Crippen molar-refractivity contribution in [1.82, 2.24) is 4.90 Å². The van der Waals surface area contributed by atoms with Gasteiger partial charge in [0.15, 0.2) is 0 Å². The Morgan fingerprint density at radius 2 is 2.06 bits per heavy atom. The first-order chi connectivity index (χ1) is 8.84. The second-order valence-electron chi connectivity index (χ2n) is 4.86. The molecule has 1 atom stereocenters. The number of hydrogen-bond donors (Lipinski definition) is 0. The van der Waals surface area contributed by atoms with Crippen LogP contribution in [0.1, 0.15) is 18.4 Å². The lowest BCUT2D eigenvalue weighted by molar-refractivity contribution is -0.127. The highest BCUT2D eigenvalue weighted by Crippen LogP contribution is 2.29. The van der Waals surface area contributed by atoms with E-state index in [1.54, 1.807) is 0 Å². The van der Waals surface area contributed by atoms with Crippen LogP contribution in [0.25, 0.3) is 0 Å². The Bertz CT molecular complexity index is 467. The van der Waals surface area contributed by atoms with Gasteiger partial charge >= 0.3 is 0 Å². The summed E-state index contributed by atoms with van der Waals surface area (Å²) < 4.78 is 5.74. The molecule has 1 fully saturated rings. The lowest BCUT2D eigenvalue weighted by Crippen LogP contribution is -2.29. The quantitative estimate of drug-likeness (QED) is 0.758. The summed E-state index contributed by atoms with van der Waals surface area (Å²) in [6, 6.07) is 10.5. The number of ether oxygens (including phenoxy) is 1. The lowest BCUT2D eigenvalue weighted by atomic mass is 10.1. The van der Waals surface area contributed by atoms with Crippen LogP contribution in [0, 0.1) is 0 Å². The van der Waals surface area contributed by atoms with Crippen molar-refractivity contribution < 1.29 is 9.53 Å². The molecule has 0 saturated carbocycles. The Kier molecular flexibility index (Phi) is 3.15. The first-order valence-corrected chi connectivity index (χ1v) is 6.44. The maximum absolute atomic E-state index is 11.5. The van der Waals surface area contributed by atoms with Gasteiger partial charge in [-0.2, -0.15) is 0 Å². The monoisotopic (exact) mass is 243 g/mol.